The van der Waals surface area contributed by atoms with Gasteiger partial charge in [0.1, 0.15) is 0 Å². The molecule has 0 bridgehead atoms. The van der Waals surface area contributed by atoms with Gasteiger partial charge in [-0.3, -0.25) is 15.6 Å². The number of anilines is 1. The van der Waals surface area contributed by atoms with Crippen molar-refractivity contribution in [1.29, 1.82) is 0 Å². The lowest BCUT2D eigenvalue weighted by molar-refractivity contribution is 0.0954. The molecule has 2 aromatic rings. The largest absolute Gasteiger partial charge is 0.352 e. The van der Waals surface area contributed by atoms with E-state index in [1.807, 2.05) is 0 Å². The highest BCUT2D eigenvalue weighted by molar-refractivity contribution is 5.99. The van der Waals surface area contributed by atoms with E-state index in [2.05, 4.69) is 25.9 Å². The van der Waals surface area contributed by atoms with E-state index in [1.165, 1.54) is 12.4 Å². The third-order valence-corrected chi connectivity index (χ3v) is 2.42. The smallest absolute Gasteiger partial charge is 0.253 e. The number of aromatic nitrogens is 3. The van der Waals surface area contributed by atoms with Crippen LogP contribution in [0.4, 0.5) is 5.69 Å². The maximum atomic E-state index is 11.9. The van der Waals surface area contributed by atoms with E-state index >= 15 is 0 Å². The van der Waals surface area contributed by atoms with Crippen LogP contribution in [0.3, 0.4) is 0 Å². The maximum absolute atomic E-state index is 11.9. The number of hydrogen-bond donors (Lipinski definition) is 3. The van der Waals surface area contributed by atoms with Gasteiger partial charge in [0.2, 0.25) is 5.89 Å². The summed E-state index contributed by atoms with van der Waals surface area (Å²) in [5.74, 6) is 6.13. The van der Waals surface area contributed by atoms with Crippen LogP contribution >= 0.6 is 0 Å². The topological polar surface area (TPSA) is 119 Å². The molecule has 0 spiro atoms. The zero-order chi connectivity index (χ0) is 13.7. The van der Waals surface area contributed by atoms with Gasteiger partial charge in [-0.2, -0.15) is 4.98 Å². The van der Waals surface area contributed by atoms with Gasteiger partial charge < -0.3 is 15.3 Å². The van der Waals surface area contributed by atoms with Crippen LogP contribution in [0.5, 0.6) is 0 Å². The SMILES string of the molecule is Cc1nc(CCNC(=O)c2ccncc2NN)no1. The number of carbonyl (C=O) groups is 1. The van der Waals surface area contributed by atoms with Crippen molar-refractivity contribution in [3.8, 4) is 0 Å². The molecule has 0 atom stereocenters. The number of nitrogens with zero attached hydrogens (tertiary/aromatic N) is 3. The molecule has 0 fully saturated rings. The summed E-state index contributed by atoms with van der Waals surface area (Å²) in [4.78, 5) is 19.8. The van der Waals surface area contributed by atoms with E-state index in [9.17, 15) is 4.79 Å². The molecule has 2 heterocycles. The van der Waals surface area contributed by atoms with E-state index in [1.54, 1.807) is 13.0 Å². The lowest BCUT2D eigenvalue weighted by atomic mass is 10.2. The van der Waals surface area contributed by atoms with Crippen LogP contribution in [0.25, 0.3) is 0 Å². The fourth-order valence-corrected chi connectivity index (χ4v) is 1.53. The Morgan fingerprint density at radius 2 is 2.37 bits per heavy atom. The molecule has 0 aliphatic carbocycles. The highest BCUT2D eigenvalue weighted by atomic mass is 16.5. The number of aryl methyl sites for hydroxylation is 1. The monoisotopic (exact) mass is 262 g/mol. The molecule has 8 nitrogen and oxygen atoms in total. The van der Waals surface area contributed by atoms with Crippen molar-refractivity contribution in [3.05, 3.63) is 35.7 Å². The molecular weight excluding hydrogens is 248 g/mol. The summed E-state index contributed by atoms with van der Waals surface area (Å²) in [5.41, 5.74) is 3.33. The highest BCUT2D eigenvalue weighted by Gasteiger charge is 2.10. The predicted octanol–water partition coefficient (Wildman–Crippen LogP) is 0.0311. The molecule has 8 heteroatoms. The lowest BCUT2D eigenvalue weighted by Gasteiger charge is -2.07. The van der Waals surface area contributed by atoms with Crippen LogP contribution in [0.1, 0.15) is 22.1 Å². The van der Waals surface area contributed by atoms with Gasteiger partial charge in [-0.1, -0.05) is 5.16 Å². The summed E-state index contributed by atoms with van der Waals surface area (Å²) in [5, 5.41) is 6.49. The average molecular weight is 262 g/mol. The van der Waals surface area contributed by atoms with Crippen LogP contribution in [-0.2, 0) is 6.42 Å². The van der Waals surface area contributed by atoms with Gasteiger partial charge in [-0.05, 0) is 6.07 Å². The number of rotatable bonds is 5. The van der Waals surface area contributed by atoms with Crippen molar-refractivity contribution < 1.29 is 9.32 Å². The van der Waals surface area contributed by atoms with E-state index in [0.717, 1.165) is 0 Å². The Labute approximate surface area is 109 Å². The molecule has 0 aliphatic heterocycles. The number of hydrogen-bond acceptors (Lipinski definition) is 7. The van der Waals surface area contributed by atoms with Crippen molar-refractivity contribution in [1.82, 2.24) is 20.4 Å². The van der Waals surface area contributed by atoms with Gasteiger partial charge in [-0.15, -0.1) is 0 Å². The van der Waals surface area contributed by atoms with Gasteiger partial charge in [0, 0.05) is 26.1 Å². The summed E-state index contributed by atoms with van der Waals surface area (Å²) in [6.45, 7) is 2.12. The Bertz CT molecular complexity index is 568. The number of nitrogens with one attached hydrogen (secondary N) is 2. The Balaban J connectivity index is 1.90. The zero-order valence-corrected chi connectivity index (χ0v) is 10.4. The molecule has 0 aromatic carbocycles. The van der Waals surface area contributed by atoms with E-state index in [-0.39, 0.29) is 5.91 Å². The molecule has 100 valence electrons. The fraction of sp³-hybridized carbons (Fsp3) is 0.273. The van der Waals surface area contributed by atoms with E-state index in [4.69, 9.17) is 10.4 Å². The van der Waals surface area contributed by atoms with Gasteiger partial charge in [0.05, 0.1) is 17.4 Å². The Morgan fingerprint density at radius 3 is 3.05 bits per heavy atom. The molecule has 0 unspecified atom stereocenters. The number of nitrogen functional groups attached to an aromatic ring is 1. The molecule has 0 saturated carbocycles. The first-order valence-corrected chi connectivity index (χ1v) is 5.68. The second-order valence-electron chi connectivity index (χ2n) is 3.80. The molecule has 0 saturated heterocycles. The minimum Gasteiger partial charge on any atom is -0.352 e. The first-order valence-electron chi connectivity index (χ1n) is 5.68. The van der Waals surface area contributed by atoms with Crippen molar-refractivity contribution in [3.63, 3.8) is 0 Å². The maximum Gasteiger partial charge on any atom is 0.253 e. The summed E-state index contributed by atoms with van der Waals surface area (Å²) in [6, 6.07) is 1.59. The fourth-order valence-electron chi connectivity index (χ4n) is 1.53. The molecule has 4 N–H and O–H groups in total. The summed E-state index contributed by atoms with van der Waals surface area (Å²) in [6.07, 6.45) is 3.51. The molecule has 2 rings (SSSR count). The summed E-state index contributed by atoms with van der Waals surface area (Å²) < 4.78 is 4.83. The average Bonchev–Trinajstić information content (AvgIpc) is 2.84. The second kappa shape index (κ2) is 5.91. The third-order valence-electron chi connectivity index (χ3n) is 2.42. The number of amides is 1. The normalized spacial score (nSPS) is 10.2. The lowest BCUT2D eigenvalue weighted by Crippen LogP contribution is -2.27. The Kier molecular flexibility index (Phi) is 4.04. The number of nitrogens with two attached hydrogens (primary N) is 1. The van der Waals surface area contributed by atoms with Crippen LogP contribution in [-0.4, -0.2) is 27.6 Å². The van der Waals surface area contributed by atoms with Crippen LogP contribution in [0.2, 0.25) is 0 Å². The molecule has 1 amide bonds. The van der Waals surface area contributed by atoms with Gasteiger partial charge in [-0.25, -0.2) is 0 Å². The number of hydrazine groups is 1. The molecule has 2 aromatic heterocycles. The molecular formula is C11H14N6O2. The van der Waals surface area contributed by atoms with Crippen LogP contribution < -0.4 is 16.6 Å². The van der Waals surface area contributed by atoms with Crippen molar-refractivity contribution in [2.75, 3.05) is 12.0 Å². The first-order chi connectivity index (χ1) is 9.20. The summed E-state index contributed by atoms with van der Waals surface area (Å²) >= 11 is 0. The molecule has 0 radical (unpaired) electrons. The van der Waals surface area contributed by atoms with Crippen molar-refractivity contribution in [2.45, 2.75) is 13.3 Å². The van der Waals surface area contributed by atoms with Crippen molar-refractivity contribution in [2.24, 2.45) is 5.84 Å². The zero-order valence-electron chi connectivity index (χ0n) is 10.4. The molecule has 0 aliphatic rings. The quantitative estimate of drug-likeness (QED) is 0.513. The van der Waals surface area contributed by atoms with Crippen LogP contribution in [0.15, 0.2) is 23.0 Å². The van der Waals surface area contributed by atoms with Gasteiger partial charge >= 0.3 is 0 Å². The first kappa shape index (κ1) is 13.0. The number of carbonyl (C=O) groups excluding carboxylic acids is 1. The van der Waals surface area contributed by atoms with E-state index in [0.29, 0.717) is 35.9 Å². The Hall–Kier alpha value is -2.48. The molecule has 19 heavy (non-hydrogen) atoms. The predicted molar refractivity (Wildman–Crippen MR) is 67.1 cm³/mol. The highest BCUT2D eigenvalue weighted by Crippen LogP contribution is 2.11. The minimum atomic E-state index is -0.240. The second-order valence-corrected chi connectivity index (χ2v) is 3.80. The van der Waals surface area contributed by atoms with Crippen LogP contribution in [0, 0.1) is 6.92 Å². The van der Waals surface area contributed by atoms with Gasteiger partial charge in [0.25, 0.3) is 5.91 Å². The standard InChI is InChI=1S/C11H14N6O2/c1-7-15-10(17-19-7)3-5-14-11(18)8-2-4-13-6-9(8)16-12/h2,4,6,16H,3,5,12H2,1H3,(H,14,18). The Morgan fingerprint density at radius 1 is 1.53 bits per heavy atom. The summed E-state index contributed by atoms with van der Waals surface area (Å²) in [7, 11) is 0. The van der Waals surface area contributed by atoms with Crippen molar-refractivity contribution >= 4 is 11.6 Å². The van der Waals surface area contributed by atoms with E-state index < -0.39 is 0 Å². The minimum absolute atomic E-state index is 0.240. The van der Waals surface area contributed by atoms with Gasteiger partial charge in [0.15, 0.2) is 5.82 Å². The number of pyridine rings is 1. The third kappa shape index (κ3) is 3.26.